The number of hydrogen-bond donors (Lipinski definition) is 1. The van der Waals surface area contributed by atoms with Crippen LogP contribution in [0.5, 0.6) is 0 Å². The minimum atomic E-state index is -0.969. The Morgan fingerprint density at radius 2 is 1.81 bits per heavy atom. The van der Waals surface area contributed by atoms with Gasteiger partial charge in [-0.2, -0.15) is 0 Å². The van der Waals surface area contributed by atoms with Crippen LogP contribution in [-0.2, 0) is 25.3 Å². The fraction of sp³-hybridized carbons (Fsp3) is 0.588. The number of rotatable bonds is 5. The molecule has 2 aromatic heterocycles. The van der Waals surface area contributed by atoms with Gasteiger partial charge >= 0.3 is 11.7 Å². The molecule has 0 aliphatic heterocycles. The smallest absolute Gasteiger partial charge is 0.332 e. The number of aromatic nitrogens is 4. The molecule has 0 fully saturated rings. The van der Waals surface area contributed by atoms with Gasteiger partial charge in [-0.05, 0) is 11.8 Å². The molecule has 0 aliphatic rings. The lowest BCUT2D eigenvalue weighted by molar-refractivity contribution is -0.136. The Balaban J connectivity index is 2.83. The van der Waals surface area contributed by atoms with Crippen molar-refractivity contribution >= 4 is 28.8 Å². The Bertz CT molecular complexity index is 972. The first kappa shape index (κ1) is 20.2. The molecule has 0 aliphatic carbocycles. The van der Waals surface area contributed by atoms with E-state index in [0.29, 0.717) is 23.7 Å². The summed E-state index contributed by atoms with van der Waals surface area (Å²) in [5.41, 5.74) is -0.877. The highest BCUT2D eigenvalue weighted by molar-refractivity contribution is 8.00. The average Bonchev–Trinajstić information content (AvgIpc) is 2.53. The molecule has 2 heterocycles. The maximum atomic E-state index is 12.7. The summed E-state index contributed by atoms with van der Waals surface area (Å²) in [7, 11) is 2.93. The van der Waals surface area contributed by atoms with Crippen LogP contribution in [0.1, 0.15) is 39.9 Å². The zero-order valence-electron chi connectivity index (χ0n) is 15.9. The van der Waals surface area contributed by atoms with E-state index in [1.807, 2.05) is 20.8 Å². The molecule has 0 amide bonds. The second kappa shape index (κ2) is 7.22. The highest BCUT2D eigenvalue weighted by Gasteiger charge is 2.24. The second-order valence-corrected chi connectivity index (χ2v) is 8.63. The van der Waals surface area contributed by atoms with Gasteiger partial charge in [-0.25, -0.2) is 14.8 Å². The van der Waals surface area contributed by atoms with Gasteiger partial charge < -0.3 is 5.11 Å². The van der Waals surface area contributed by atoms with E-state index < -0.39 is 22.5 Å². The van der Waals surface area contributed by atoms with Crippen LogP contribution < -0.4 is 11.2 Å². The zero-order chi connectivity index (χ0) is 19.8. The standard InChI is InChI=1S/C17H24N4O4S/c1-7-9(15(23)24)26-13-11-12(18-10(19-13)8-17(2,3)4)20(5)16(25)21(6)14(11)22/h9H,7-8H2,1-6H3,(H,23,24)/t9-/m0/s1. The van der Waals surface area contributed by atoms with Crippen molar-refractivity contribution in [1.29, 1.82) is 0 Å². The third-order valence-corrected chi connectivity index (χ3v) is 5.24. The lowest BCUT2D eigenvalue weighted by Gasteiger charge is -2.19. The largest absolute Gasteiger partial charge is 0.480 e. The average molecular weight is 380 g/mol. The maximum absolute atomic E-state index is 12.7. The van der Waals surface area contributed by atoms with Crippen LogP contribution in [0.15, 0.2) is 14.6 Å². The Morgan fingerprint density at radius 3 is 2.31 bits per heavy atom. The first-order valence-corrected chi connectivity index (χ1v) is 9.20. The number of thioether (sulfide) groups is 1. The minimum Gasteiger partial charge on any atom is -0.480 e. The monoisotopic (exact) mass is 380 g/mol. The molecule has 2 rings (SSSR count). The number of aryl methyl sites for hydroxylation is 1. The Hall–Kier alpha value is -2.16. The van der Waals surface area contributed by atoms with E-state index in [-0.39, 0.29) is 16.4 Å². The van der Waals surface area contributed by atoms with Crippen molar-refractivity contribution in [2.75, 3.05) is 0 Å². The van der Waals surface area contributed by atoms with Gasteiger partial charge in [-0.15, -0.1) is 0 Å². The van der Waals surface area contributed by atoms with Crippen LogP contribution in [-0.4, -0.2) is 35.4 Å². The zero-order valence-corrected chi connectivity index (χ0v) is 16.7. The summed E-state index contributed by atoms with van der Waals surface area (Å²) < 4.78 is 2.29. The predicted molar refractivity (Wildman–Crippen MR) is 101 cm³/mol. The van der Waals surface area contributed by atoms with E-state index in [2.05, 4.69) is 9.97 Å². The van der Waals surface area contributed by atoms with Crippen LogP contribution in [0.25, 0.3) is 11.0 Å². The second-order valence-electron chi connectivity index (χ2n) is 7.44. The fourth-order valence-electron chi connectivity index (χ4n) is 2.55. The van der Waals surface area contributed by atoms with Crippen LogP contribution in [0.2, 0.25) is 0 Å². The molecule has 8 nitrogen and oxygen atoms in total. The molecule has 0 bridgehead atoms. The van der Waals surface area contributed by atoms with Crippen molar-refractivity contribution in [2.45, 2.75) is 50.8 Å². The van der Waals surface area contributed by atoms with Crippen molar-refractivity contribution < 1.29 is 9.90 Å². The number of carbonyl (C=O) groups is 1. The molecule has 26 heavy (non-hydrogen) atoms. The molecule has 142 valence electrons. The predicted octanol–water partition coefficient (Wildman–Crippen LogP) is 1.57. The summed E-state index contributed by atoms with van der Waals surface area (Å²) in [6.45, 7) is 7.85. The Morgan fingerprint density at radius 1 is 1.19 bits per heavy atom. The van der Waals surface area contributed by atoms with E-state index in [1.165, 1.54) is 11.6 Å². The van der Waals surface area contributed by atoms with E-state index in [4.69, 9.17) is 0 Å². The third kappa shape index (κ3) is 3.98. The van der Waals surface area contributed by atoms with Gasteiger partial charge in [0.05, 0.1) is 0 Å². The summed E-state index contributed by atoms with van der Waals surface area (Å²) in [5.74, 6) is -0.487. The fourth-order valence-corrected chi connectivity index (χ4v) is 3.55. The Kier molecular flexibility index (Phi) is 5.60. The molecule has 0 unspecified atom stereocenters. The molecule has 1 N–H and O–H groups in total. The number of aliphatic carboxylic acids is 1. The third-order valence-electron chi connectivity index (χ3n) is 3.90. The van der Waals surface area contributed by atoms with Crippen molar-refractivity contribution in [3.05, 3.63) is 26.7 Å². The molecule has 0 saturated heterocycles. The summed E-state index contributed by atoms with van der Waals surface area (Å²) >= 11 is 1.02. The van der Waals surface area contributed by atoms with Gasteiger partial charge in [0.2, 0.25) is 0 Å². The molecular weight excluding hydrogens is 356 g/mol. The number of carboxylic acids is 1. The highest BCUT2D eigenvalue weighted by atomic mass is 32.2. The van der Waals surface area contributed by atoms with Crippen molar-refractivity contribution in [3.8, 4) is 0 Å². The number of fused-ring (bicyclic) bond motifs is 1. The maximum Gasteiger partial charge on any atom is 0.332 e. The van der Waals surface area contributed by atoms with E-state index >= 15 is 0 Å². The van der Waals surface area contributed by atoms with Gasteiger partial charge in [0.15, 0.2) is 5.65 Å². The molecule has 9 heteroatoms. The highest BCUT2D eigenvalue weighted by Crippen LogP contribution is 2.29. The van der Waals surface area contributed by atoms with Gasteiger partial charge in [0.1, 0.15) is 21.5 Å². The number of nitrogens with zero attached hydrogens (tertiary/aromatic N) is 4. The Labute approximate surface area is 155 Å². The van der Waals surface area contributed by atoms with Gasteiger partial charge in [-0.1, -0.05) is 39.5 Å². The first-order valence-electron chi connectivity index (χ1n) is 8.32. The van der Waals surface area contributed by atoms with Crippen molar-refractivity contribution in [1.82, 2.24) is 19.1 Å². The van der Waals surface area contributed by atoms with Crippen molar-refractivity contribution in [3.63, 3.8) is 0 Å². The molecular formula is C17H24N4O4S. The van der Waals surface area contributed by atoms with Crippen LogP contribution >= 0.6 is 11.8 Å². The topological polar surface area (TPSA) is 107 Å². The van der Waals surface area contributed by atoms with E-state index in [9.17, 15) is 19.5 Å². The van der Waals surface area contributed by atoms with E-state index in [0.717, 1.165) is 16.3 Å². The molecule has 0 saturated carbocycles. The minimum absolute atomic E-state index is 0.106. The molecule has 0 radical (unpaired) electrons. The molecule has 2 aromatic rings. The van der Waals surface area contributed by atoms with E-state index in [1.54, 1.807) is 14.0 Å². The van der Waals surface area contributed by atoms with Crippen LogP contribution in [0.4, 0.5) is 0 Å². The molecule has 1 atom stereocenters. The van der Waals surface area contributed by atoms with Gasteiger partial charge in [0, 0.05) is 20.5 Å². The lowest BCUT2D eigenvalue weighted by Crippen LogP contribution is -2.38. The summed E-state index contributed by atoms with van der Waals surface area (Å²) in [4.78, 5) is 45.3. The quantitative estimate of drug-likeness (QED) is 0.620. The van der Waals surface area contributed by atoms with Gasteiger partial charge in [-0.3, -0.25) is 18.7 Å². The first-order chi connectivity index (χ1) is 12.0. The van der Waals surface area contributed by atoms with Crippen LogP contribution in [0.3, 0.4) is 0 Å². The lowest BCUT2D eigenvalue weighted by atomic mass is 9.92. The molecule has 0 spiro atoms. The SMILES string of the molecule is CC[C@H](Sc1nc(CC(C)(C)C)nc2c1c(=O)n(C)c(=O)n2C)C(=O)O. The summed E-state index contributed by atoms with van der Waals surface area (Å²) in [6.07, 6.45) is 0.913. The van der Waals surface area contributed by atoms with Crippen LogP contribution in [0, 0.1) is 5.41 Å². The van der Waals surface area contributed by atoms with Gasteiger partial charge in [0.25, 0.3) is 5.56 Å². The normalized spacial score (nSPS) is 13.2. The summed E-state index contributed by atoms with van der Waals surface area (Å²) in [6, 6.07) is 0. The summed E-state index contributed by atoms with van der Waals surface area (Å²) in [5, 5.41) is 9.13. The molecule has 0 aromatic carbocycles. The number of hydrogen-bond acceptors (Lipinski definition) is 6. The van der Waals surface area contributed by atoms with Crippen molar-refractivity contribution in [2.24, 2.45) is 19.5 Å². The number of carboxylic acid groups (broad SMARTS) is 1.